The zero-order chi connectivity index (χ0) is 8.27. The van der Waals surface area contributed by atoms with Gasteiger partial charge < -0.3 is 9.47 Å². The van der Waals surface area contributed by atoms with Crippen LogP contribution in [0.25, 0.3) is 0 Å². The monoisotopic (exact) mass is 152 g/mol. The number of ether oxygens (including phenoxy) is 2. The minimum absolute atomic E-state index is 0.256. The second kappa shape index (κ2) is 3.11. The fourth-order valence-electron chi connectivity index (χ4n) is 0.861. The van der Waals surface area contributed by atoms with Crippen LogP contribution in [0.5, 0.6) is 0 Å². The van der Waals surface area contributed by atoms with E-state index in [1.165, 1.54) is 0 Å². The summed E-state index contributed by atoms with van der Waals surface area (Å²) in [5, 5.41) is 0. The molecule has 1 heterocycles. The maximum Gasteiger partial charge on any atom is 0.513 e. The van der Waals surface area contributed by atoms with Crippen LogP contribution in [0.4, 0.5) is 4.79 Å². The molecule has 0 spiro atoms. The lowest BCUT2D eigenvalue weighted by Gasteiger charge is -2.21. The van der Waals surface area contributed by atoms with Gasteiger partial charge in [0.05, 0.1) is 0 Å². The van der Waals surface area contributed by atoms with Crippen molar-refractivity contribution >= 4 is 6.16 Å². The lowest BCUT2D eigenvalue weighted by molar-refractivity contribution is 0.00831. The molecule has 1 rings (SSSR count). The fraction of sp³-hybridized carbons (Fsp3) is 0.375. The molecule has 0 amide bonds. The third-order valence-electron chi connectivity index (χ3n) is 1.29. The lowest BCUT2D eigenvalue weighted by atomic mass is 10.1. The Kier molecular flexibility index (Phi) is 2.17. The summed E-state index contributed by atoms with van der Waals surface area (Å²) in [4.78, 5) is 10.6. The Labute approximate surface area is 65.0 Å². The van der Waals surface area contributed by atoms with Gasteiger partial charge in [-0.25, -0.2) is 4.79 Å². The Morgan fingerprint density at radius 3 is 3.09 bits per heavy atom. The Morgan fingerprint density at radius 2 is 2.55 bits per heavy atom. The quantitative estimate of drug-likeness (QED) is 0.421. The van der Waals surface area contributed by atoms with Crippen molar-refractivity contribution in [3.63, 3.8) is 0 Å². The van der Waals surface area contributed by atoms with Gasteiger partial charge >= 0.3 is 6.16 Å². The second-order valence-electron chi connectivity index (χ2n) is 2.24. The zero-order valence-corrected chi connectivity index (χ0v) is 6.00. The van der Waals surface area contributed by atoms with Crippen LogP contribution in [-0.4, -0.2) is 12.3 Å². The molecule has 11 heavy (non-hydrogen) atoms. The third kappa shape index (κ3) is 2.01. The van der Waals surface area contributed by atoms with Crippen molar-refractivity contribution in [1.82, 2.24) is 0 Å². The van der Waals surface area contributed by atoms with Crippen LogP contribution >= 0.6 is 0 Å². The van der Waals surface area contributed by atoms with Crippen LogP contribution in [0.3, 0.4) is 0 Å². The molecule has 0 aromatic heterocycles. The van der Waals surface area contributed by atoms with Crippen molar-refractivity contribution in [2.75, 3.05) is 0 Å². The van der Waals surface area contributed by atoms with E-state index < -0.39 is 6.16 Å². The summed E-state index contributed by atoms with van der Waals surface area (Å²) >= 11 is 0. The van der Waals surface area contributed by atoms with Gasteiger partial charge in [-0.15, -0.1) is 12.3 Å². The summed E-state index contributed by atoms with van der Waals surface area (Å²) < 4.78 is 9.27. The highest BCUT2D eigenvalue weighted by atomic mass is 16.7. The molecule has 3 heteroatoms. The van der Waals surface area contributed by atoms with Crippen molar-refractivity contribution in [3.05, 3.63) is 12.3 Å². The van der Waals surface area contributed by atoms with E-state index >= 15 is 0 Å². The first-order valence-corrected chi connectivity index (χ1v) is 3.22. The first-order chi connectivity index (χ1) is 5.22. The van der Waals surface area contributed by atoms with Gasteiger partial charge in [-0.05, 0) is 0 Å². The summed E-state index contributed by atoms with van der Waals surface area (Å²) in [6.45, 7) is 3.51. The molecule has 58 valence electrons. The SMILES string of the molecule is C#CCC1CC(=C)OC(=O)O1. The molecule has 3 nitrogen and oxygen atoms in total. The van der Waals surface area contributed by atoms with Crippen LogP contribution in [0.1, 0.15) is 12.8 Å². The molecule has 1 aliphatic rings. The standard InChI is InChI=1S/C8H8O3/c1-3-4-7-5-6(2)10-8(9)11-7/h1,7H,2,4-5H2. The predicted molar refractivity (Wildman–Crippen MR) is 38.6 cm³/mol. The number of terminal acetylenes is 1. The molecular weight excluding hydrogens is 144 g/mol. The van der Waals surface area contributed by atoms with Crippen LogP contribution in [0, 0.1) is 12.3 Å². The summed E-state index contributed by atoms with van der Waals surface area (Å²) in [5.74, 6) is 2.82. The number of cyclic esters (lactones) is 2. The summed E-state index contributed by atoms with van der Waals surface area (Å²) in [6.07, 6.45) is 4.98. The normalized spacial score (nSPS) is 23.4. The highest BCUT2D eigenvalue weighted by Crippen LogP contribution is 2.18. The molecule has 1 saturated heterocycles. The van der Waals surface area contributed by atoms with Gasteiger partial charge in [-0.1, -0.05) is 6.58 Å². The minimum Gasteiger partial charge on any atom is -0.429 e. The first kappa shape index (κ1) is 7.67. The minimum atomic E-state index is -0.707. The number of carbonyl (C=O) groups excluding carboxylic acids is 1. The molecule has 0 radical (unpaired) electrons. The van der Waals surface area contributed by atoms with Gasteiger partial charge in [0.1, 0.15) is 11.9 Å². The van der Waals surface area contributed by atoms with Crippen LogP contribution in [-0.2, 0) is 9.47 Å². The van der Waals surface area contributed by atoms with E-state index in [0.29, 0.717) is 18.6 Å². The molecule has 0 saturated carbocycles. The van der Waals surface area contributed by atoms with Crippen molar-refractivity contribution in [2.45, 2.75) is 18.9 Å². The maximum absolute atomic E-state index is 10.6. The average molecular weight is 152 g/mol. The third-order valence-corrected chi connectivity index (χ3v) is 1.29. The fourth-order valence-corrected chi connectivity index (χ4v) is 0.861. The Balaban J connectivity index is 2.51. The van der Waals surface area contributed by atoms with Crippen molar-refractivity contribution in [1.29, 1.82) is 0 Å². The molecule has 0 aliphatic carbocycles. The summed E-state index contributed by atoms with van der Waals surface area (Å²) in [7, 11) is 0. The molecule has 0 N–H and O–H groups in total. The van der Waals surface area contributed by atoms with Gasteiger partial charge in [0.15, 0.2) is 0 Å². The summed E-state index contributed by atoms with van der Waals surface area (Å²) in [6, 6.07) is 0. The second-order valence-corrected chi connectivity index (χ2v) is 2.24. The van der Waals surface area contributed by atoms with Crippen LogP contribution in [0.2, 0.25) is 0 Å². The highest BCUT2D eigenvalue weighted by molar-refractivity contribution is 5.62. The van der Waals surface area contributed by atoms with Crippen molar-refractivity contribution < 1.29 is 14.3 Å². The van der Waals surface area contributed by atoms with E-state index in [1.807, 2.05) is 0 Å². The van der Waals surface area contributed by atoms with E-state index in [1.54, 1.807) is 0 Å². The molecule has 1 atom stereocenters. The van der Waals surface area contributed by atoms with E-state index in [4.69, 9.17) is 11.2 Å². The van der Waals surface area contributed by atoms with Gasteiger partial charge in [0.2, 0.25) is 0 Å². The summed E-state index contributed by atoms with van der Waals surface area (Å²) in [5.41, 5.74) is 0. The Hall–Kier alpha value is -1.43. The maximum atomic E-state index is 10.6. The van der Waals surface area contributed by atoms with E-state index in [2.05, 4.69) is 17.2 Å². The van der Waals surface area contributed by atoms with E-state index in [9.17, 15) is 4.79 Å². The molecular formula is C8H8O3. The Morgan fingerprint density at radius 1 is 1.82 bits per heavy atom. The van der Waals surface area contributed by atoms with E-state index in [-0.39, 0.29) is 6.10 Å². The largest absolute Gasteiger partial charge is 0.513 e. The van der Waals surface area contributed by atoms with Gasteiger partial charge in [0, 0.05) is 12.8 Å². The molecule has 0 aromatic rings. The topological polar surface area (TPSA) is 35.5 Å². The number of hydrogen-bond donors (Lipinski definition) is 0. The molecule has 1 aliphatic heterocycles. The highest BCUT2D eigenvalue weighted by Gasteiger charge is 2.23. The zero-order valence-electron chi connectivity index (χ0n) is 6.00. The molecule has 0 bridgehead atoms. The smallest absolute Gasteiger partial charge is 0.429 e. The van der Waals surface area contributed by atoms with E-state index in [0.717, 1.165) is 0 Å². The van der Waals surface area contributed by atoms with Crippen LogP contribution < -0.4 is 0 Å². The molecule has 0 aromatic carbocycles. The van der Waals surface area contributed by atoms with Crippen molar-refractivity contribution in [2.24, 2.45) is 0 Å². The number of hydrogen-bond acceptors (Lipinski definition) is 3. The lowest BCUT2D eigenvalue weighted by Crippen LogP contribution is -2.25. The van der Waals surface area contributed by atoms with Crippen LogP contribution in [0.15, 0.2) is 12.3 Å². The van der Waals surface area contributed by atoms with Gasteiger partial charge in [0.25, 0.3) is 0 Å². The predicted octanol–water partition coefficient (Wildman–Crippen LogP) is 1.45. The number of rotatable bonds is 1. The van der Waals surface area contributed by atoms with Gasteiger partial charge in [-0.2, -0.15) is 0 Å². The number of carbonyl (C=O) groups is 1. The average Bonchev–Trinajstić information content (AvgIpc) is 1.85. The Bertz CT molecular complexity index is 208. The molecule has 1 unspecified atom stereocenters. The van der Waals surface area contributed by atoms with Crippen molar-refractivity contribution in [3.8, 4) is 12.3 Å². The molecule has 1 fully saturated rings. The first-order valence-electron chi connectivity index (χ1n) is 3.22. The van der Waals surface area contributed by atoms with Gasteiger partial charge in [-0.3, -0.25) is 0 Å².